The standard InChI is InChI=1S/C19H25NO3/c1-4-23-19-11-6-5-10-17(19)14(2)20-18(13-21)15-8-7-9-16(12-15)22-3/h5-12,14,18,20-21H,4,13H2,1-3H3. The van der Waals surface area contributed by atoms with E-state index in [4.69, 9.17) is 9.47 Å². The van der Waals surface area contributed by atoms with E-state index in [1.165, 1.54) is 0 Å². The maximum atomic E-state index is 9.78. The van der Waals surface area contributed by atoms with E-state index < -0.39 is 0 Å². The Hall–Kier alpha value is -2.04. The maximum Gasteiger partial charge on any atom is 0.124 e. The summed E-state index contributed by atoms with van der Waals surface area (Å²) in [5, 5.41) is 13.2. The third-order valence-electron chi connectivity index (χ3n) is 3.82. The fourth-order valence-corrected chi connectivity index (χ4v) is 2.63. The molecule has 0 aliphatic heterocycles. The summed E-state index contributed by atoms with van der Waals surface area (Å²) in [4.78, 5) is 0. The van der Waals surface area contributed by atoms with Crippen LogP contribution in [0.5, 0.6) is 11.5 Å². The van der Waals surface area contributed by atoms with Gasteiger partial charge in [-0.15, -0.1) is 0 Å². The van der Waals surface area contributed by atoms with Gasteiger partial charge < -0.3 is 19.9 Å². The minimum absolute atomic E-state index is 0.00824. The number of rotatable bonds is 8. The molecule has 4 nitrogen and oxygen atoms in total. The largest absolute Gasteiger partial charge is 0.497 e. The number of aliphatic hydroxyl groups excluding tert-OH is 1. The molecule has 2 rings (SSSR count). The second-order valence-electron chi connectivity index (χ2n) is 5.37. The van der Waals surface area contributed by atoms with E-state index in [2.05, 4.69) is 12.2 Å². The molecule has 0 amide bonds. The SMILES string of the molecule is CCOc1ccccc1C(C)NC(CO)c1cccc(OC)c1. The number of ether oxygens (including phenoxy) is 2. The number of methoxy groups -OCH3 is 1. The highest BCUT2D eigenvalue weighted by Crippen LogP contribution is 2.28. The number of para-hydroxylation sites is 1. The fourth-order valence-electron chi connectivity index (χ4n) is 2.63. The highest BCUT2D eigenvalue weighted by Gasteiger charge is 2.17. The van der Waals surface area contributed by atoms with Gasteiger partial charge in [0, 0.05) is 11.6 Å². The van der Waals surface area contributed by atoms with Crippen LogP contribution in [-0.4, -0.2) is 25.4 Å². The number of benzene rings is 2. The Balaban J connectivity index is 2.18. The zero-order valence-electron chi connectivity index (χ0n) is 14.0. The van der Waals surface area contributed by atoms with Crippen molar-refractivity contribution in [1.29, 1.82) is 0 Å². The van der Waals surface area contributed by atoms with Gasteiger partial charge in [0.25, 0.3) is 0 Å². The molecule has 23 heavy (non-hydrogen) atoms. The zero-order valence-corrected chi connectivity index (χ0v) is 14.0. The second-order valence-corrected chi connectivity index (χ2v) is 5.37. The second kappa shape index (κ2) is 8.56. The smallest absolute Gasteiger partial charge is 0.124 e. The third kappa shape index (κ3) is 4.47. The lowest BCUT2D eigenvalue weighted by Gasteiger charge is -2.24. The van der Waals surface area contributed by atoms with Gasteiger partial charge in [0.15, 0.2) is 0 Å². The quantitative estimate of drug-likeness (QED) is 0.783. The van der Waals surface area contributed by atoms with Crippen molar-refractivity contribution in [2.75, 3.05) is 20.3 Å². The normalized spacial score (nSPS) is 13.4. The van der Waals surface area contributed by atoms with Crippen LogP contribution >= 0.6 is 0 Å². The first-order valence-electron chi connectivity index (χ1n) is 7.92. The molecule has 2 N–H and O–H groups in total. The molecule has 2 atom stereocenters. The summed E-state index contributed by atoms with van der Waals surface area (Å²) in [7, 11) is 1.64. The Labute approximate surface area is 138 Å². The van der Waals surface area contributed by atoms with Crippen molar-refractivity contribution >= 4 is 0 Å². The van der Waals surface area contributed by atoms with Gasteiger partial charge in [-0.2, -0.15) is 0 Å². The van der Waals surface area contributed by atoms with Gasteiger partial charge in [-0.25, -0.2) is 0 Å². The van der Waals surface area contributed by atoms with Gasteiger partial charge in [-0.1, -0.05) is 30.3 Å². The van der Waals surface area contributed by atoms with Crippen molar-refractivity contribution in [2.45, 2.75) is 25.9 Å². The van der Waals surface area contributed by atoms with Crippen molar-refractivity contribution in [1.82, 2.24) is 5.32 Å². The van der Waals surface area contributed by atoms with E-state index in [0.717, 1.165) is 22.6 Å². The third-order valence-corrected chi connectivity index (χ3v) is 3.82. The molecule has 124 valence electrons. The van der Waals surface area contributed by atoms with Gasteiger partial charge >= 0.3 is 0 Å². The van der Waals surface area contributed by atoms with Crippen molar-refractivity contribution in [3.8, 4) is 11.5 Å². The Bertz CT molecular complexity index is 615. The van der Waals surface area contributed by atoms with Crippen molar-refractivity contribution < 1.29 is 14.6 Å². The molecular formula is C19H25NO3. The van der Waals surface area contributed by atoms with Gasteiger partial charge in [-0.3, -0.25) is 0 Å². The van der Waals surface area contributed by atoms with E-state index in [0.29, 0.717) is 6.61 Å². The highest BCUT2D eigenvalue weighted by atomic mass is 16.5. The highest BCUT2D eigenvalue weighted by molar-refractivity contribution is 5.36. The molecule has 0 radical (unpaired) electrons. The van der Waals surface area contributed by atoms with Crippen LogP contribution in [0.25, 0.3) is 0 Å². The van der Waals surface area contributed by atoms with Crippen LogP contribution in [-0.2, 0) is 0 Å². The Kier molecular flexibility index (Phi) is 6.44. The molecule has 2 aromatic carbocycles. The molecule has 2 aromatic rings. The maximum absolute atomic E-state index is 9.78. The van der Waals surface area contributed by atoms with Crippen molar-refractivity contribution in [2.24, 2.45) is 0 Å². The van der Waals surface area contributed by atoms with Crippen LogP contribution in [0, 0.1) is 0 Å². The molecule has 0 heterocycles. The van der Waals surface area contributed by atoms with Crippen LogP contribution in [0.2, 0.25) is 0 Å². The summed E-state index contributed by atoms with van der Waals surface area (Å²) >= 11 is 0. The molecule has 0 spiro atoms. The Morgan fingerprint density at radius 3 is 2.61 bits per heavy atom. The van der Waals surface area contributed by atoms with Crippen LogP contribution in [0.15, 0.2) is 48.5 Å². The Morgan fingerprint density at radius 1 is 1.13 bits per heavy atom. The lowest BCUT2D eigenvalue weighted by molar-refractivity contribution is 0.233. The first-order chi connectivity index (χ1) is 11.2. The van der Waals surface area contributed by atoms with Crippen LogP contribution in [0.3, 0.4) is 0 Å². The number of aliphatic hydroxyl groups is 1. The van der Waals surface area contributed by atoms with Gasteiger partial charge in [0.05, 0.1) is 26.4 Å². The minimum Gasteiger partial charge on any atom is -0.497 e. The number of hydrogen-bond acceptors (Lipinski definition) is 4. The summed E-state index contributed by atoms with van der Waals surface area (Å²) in [6.45, 7) is 4.68. The van der Waals surface area contributed by atoms with Gasteiger partial charge in [0.2, 0.25) is 0 Å². The van der Waals surface area contributed by atoms with Crippen LogP contribution in [0.1, 0.15) is 37.1 Å². The molecule has 0 aromatic heterocycles. The summed E-state index contributed by atoms with van der Waals surface area (Å²) in [5.74, 6) is 1.66. The fraction of sp³-hybridized carbons (Fsp3) is 0.368. The molecule has 0 fully saturated rings. The molecule has 0 bridgehead atoms. The van der Waals surface area contributed by atoms with Crippen molar-refractivity contribution in [3.63, 3.8) is 0 Å². The molecular weight excluding hydrogens is 290 g/mol. The summed E-state index contributed by atoms with van der Waals surface area (Å²) in [5.41, 5.74) is 2.07. The van der Waals surface area contributed by atoms with E-state index in [1.807, 2.05) is 55.5 Å². The van der Waals surface area contributed by atoms with Crippen LogP contribution < -0.4 is 14.8 Å². The number of hydrogen-bond donors (Lipinski definition) is 2. The first kappa shape index (κ1) is 17.3. The van der Waals surface area contributed by atoms with Gasteiger partial charge in [0.1, 0.15) is 11.5 Å². The summed E-state index contributed by atoms with van der Waals surface area (Å²) in [6.07, 6.45) is 0. The summed E-state index contributed by atoms with van der Waals surface area (Å²) in [6, 6.07) is 15.6. The predicted octanol–water partition coefficient (Wildman–Crippen LogP) is 3.48. The average molecular weight is 315 g/mol. The molecule has 0 aliphatic rings. The number of nitrogens with one attached hydrogen (secondary N) is 1. The first-order valence-corrected chi connectivity index (χ1v) is 7.92. The van der Waals surface area contributed by atoms with E-state index in [9.17, 15) is 5.11 Å². The summed E-state index contributed by atoms with van der Waals surface area (Å²) < 4.78 is 11.0. The molecule has 0 saturated heterocycles. The monoisotopic (exact) mass is 315 g/mol. The van der Waals surface area contributed by atoms with E-state index in [1.54, 1.807) is 7.11 Å². The topological polar surface area (TPSA) is 50.7 Å². The van der Waals surface area contributed by atoms with Gasteiger partial charge in [-0.05, 0) is 37.6 Å². The van der Waals surface area contributed by atoms with Crippen LogP contribution in [0.4, 0.5) is 0 Å². The average Bonchev–Trinajstić information content (AvgIpc) is 2.60. The lowest BCUT2D eigenvalue weighted by atomic mass is 10.0. The molecule has 2 unspecified atom stereocenters. The lowest BCUT2D eigenvalue weighted by Crippen LogP contribution is -2.27. The zero-order chi connectivity index (χ0) is 16.7. The van der Waals surface area contributed by atoms with Crippen molar-refractivity contribution in [3.05, 3.63) is 59.7 Å². The Morgan fingerprint density at radius 2 is 1.91 bits per heavy atom. The predicted molar refractivity (Wildman–Crippen MR) is 92.0 cm³/mol. The molecule has 0 aliphatic carbocycles. The van der Waals surface area contributed by atoms with E-state index in [-0.39, 0.29) is 18.7 Å². The molecule has 0 saturated carbocycles. The van der Waals surface area contributed by atoms with E-state index >= 15 is 0 Å². The minimum atomic E-state index is -0.171. The molecule has 4 heteroatoms.